The Hall–Kier alpha value is -0.690. The van der Waals surface area contributed by atoms with Gasteiger partial charge in [0.2, 0.25) is 0 Å². The Balaban J connectivity index is 2.14. The lowest BCUT2D eigenvalue weighted by Crippen LogP contribution is -2.32. The second-order valence-electron chi connectivity index (χ2n) is 3.04. The second-order valence-corrected chi connectivity index (χ2v) is 3.04. The van der Waals surface area contributed by atoms with E-state index in [9.17, 15) is 15.0 Å². The van der Waals surface area contributed by atoms with E-state index in [4.69, 9.17) is 14.2 Å². The quantitative estimate of drug-likeness (QED) is 0.465. The zero-order valence-electron chi connectivity index (χ0n) is 6.91. The minimum atomic E-state index is -1.32. The first kappa shape index (κ1) is 8.89. The fourth-order valence-corrected chi connectivity index (χ4v) is 1.59. The van der Waals surface area contributed by atoms with Gasteiger partial charge in [0.05, 0.1) is 0 Å². The maximum atomic E-state index is 10.8. The molecule has 2 fully saturated rings. The van der Waals surface area contributed by atoms with Gasteiger partial charge in [-0.1, -0.05) is 0 Å². The van der Waals surface area contributed by atoms with E-state index in [-0.39, 0.29) is 0 Å². The summed E-state index contributed by atoms with van der Waals surface area (Å²) in [7, 11) is 1.36. The average Bonchev–Trinajstić information content (AvgIpc) is 2.56. The summed E-state index contributed by atoms with van der Waals surface area (Å²) in [5.41, 5.74) is 0. The minimum Gasteiger partial charge on any atom is -0.454 e. The summed E-state index contributed by atoms with van der Waals surface area (Å²) in [4.78, 5) is 10.8. The van der Waals surface area contributed by atoms with E-state index < -0.39 is 36.7 Å². The first-order valence-electron chi connectivity index (χ1n) is 3.90. The summed E-state index contributed by atoms with van der Waals surface area (Å²) in [6.07, 6.45) is -4.81. The molecule has 0 aromatic rings. The number of hydrogen-bond donors (Lipinski definition) is 2. The fourth-order valence-electron chi connectivity index (χ4n) is 1.59. The molecule has 0 aromatic carbocycles. The van der Waals surface area contributed by atoms with Crippen molar-refractivity contribution in [2.24, 2.45) is 0 Å². The van der Waals surface area contributed by atoms with E-state index in [1.54, 1.807) is 0 Å². The standard InChI is InChI=1S/C7H10O6/c1-11-7-3(9)5-4(13-7)2(8)6(10)12-5/h2-5,7-9H,1H3/t2-,3+,4+,5+,7-/m1/s1. The van der Waals surface area contributed by atoms with E-state index in [0.717, 1.165) is 0 Å². The van der Waals surface area contributed by atoms with Crippen LogP contribution in [0.5, 0.6) is 0 Å². The van der Waals surface area contributed by atoms with Crippen LogP contribution in [0.2, 0.25) is 0 Å². The van der Waals surface area contributed by atoms with Crippen LogP contribution in [-0.2, 0) is 19.0 Å². The lowest BCUT2D eigenvalue weighted by Gasteiger charge is -2.14. The van der Waals surface area contributed by atoms with Gasteiger partial charge in [0.25, 0.3) is 0 Å². The first-order chi connectivity index (χ1) is 6.15. The van der Waals surface area contributed by atoms with Gasteiger partial charge in [-0.2, -0.15) is 0 Å². The smallest absolute Gasteiger partial charge is 0.338 e. The molecule has 2 rings (SSSR count). The Kier molecular flexibility index (Phi) is 1.99. The van der Waals surface area contributed by atoms with Gasteiger partial charge in [-0.05, 0) is 0 Å². The molecule has 0 saturated carbocycles. The summed E-state index contributed by atoms with van der Waals surface area (Å²) in [6, 6.07) is 0. The average molecular weight is 190 g/mol. The van der Waals surface area contributed by atoms with Gasteiger partial charge in [-0.3, -0.25) is 0 Å². The Labute approximate surface area is 74.0 Å². The molecule has 2 aliphatic heterocycles. The largest absolute Gasteiger partial charge is 0.454 e. The van der Waals surface area contributed by atoms with Crippen molar-refractivity contribution >= 4 is 5.97 Å². The molecule has 74 valence electrons. The number of carbonyl (C=O) groups excluding carboxylic acids is 1. The molecule has 2 N–H and O–H groups in total. The molecular formula is C7H10O6. The van der Waals surface area contributed by atoms with Crippen LogP contribution in [0.3, 0.4) is 0 Å². The molecule has 0 aliphatic carbocycles. The normalized spacial score (nSPS) is 49.2. The molecule has 2 aliphatic rings. The summed E-state index contributed by atoms with van der Waals surface area (Å²) >= 11 is 0. The molecule has 0 bridgehead atoms. The van der Waals surface area contributed by atoms with Crippen LogP contribution in [-0.4, -0.2) is 54.0 Å². The molecule has 5 atom stereocenters. The monoisotopic (exact) mass is 190 g/mol. The zero-order valence-corrected chi connectivity index (χ0v) is 6.91. The van der Waals surface area contributed by atoms with Crippen LogP contribution < -0.4 is 0 Å². The summed E-state index contributed by atoms with van der Waals surface area (Å²) in [6.45, 7) is 0. The van der Waals surface area contributed by atoms with E-state index in [1.165, 1.54) is 7.11 Å². The SMILES string of the molecule is CO[C@@H]1O[C@@H]2[C@@H](OC(=O)[C@@H]2O)[C@@H]1O. The number of aliphatic hydroxyl groups is 2. The number of carbonyl (C=O) groups is 1. The Bertz CT molecular complexity index is 229. The van der Waals surface area contributed by atoms with Crippen LogP contribution >= 0.6 is 0 Å². The molecule has 6 heteroatoms. The predicted molar refractivity (Wildman–Crippen MR) is 37.6 cm³/mol. The van der Waals surface area contributed by atoms with Crippen molar-refractivity contribution in [3.63, 3.8) is 0 Å². The van der Waals surface area contributed by atoms with Gasteiger partial charge in [0, 0.05) is 7.11 Å². The third-order valence-electron chi connectivity index (χ3n) is 2.27. The Morgan fingerprint density at radius 3 is 2.62 bits per heavy atom. The number of aliphatic hydroxyl groups excluding tert-OH is 2. The highest BCUT2D eigenvalue weighted by Crippen LogP contribution is 2.31. The van der Waals surface area contributed by atoms with Crippen LogP contribution in [0, 0.1) is 0 Å². The van der Waals surface area contributed by atoms with E-state index in [0.29, 0.717) is 0 Å². The predicted octanol–water partition coefficient (Wildman–Crippen LogP) is -2.00. The zero-order chi connectivity index (χ0) is 9.59. The van der Waals surface area contributed by atoms with Crippen molar-refractivity contribution in [3.05, 3.63) is 0 Å². The van der Waals surface area contributed by atoms with Gasteiger partial charge in [-0.25, -0.2) is 4.79 Å². The summed E-state index contributed by atoms with van der Waals surface area (Å²) in [5, 5.41) is 18.7. The topological polar surface area (TPSA) is 85.2 Å². The molecule has 2 heterocycles. The maximum Gasteiger partial charge on any atom is 0.338 e. The van der Waals surface area contributed by atoms with Crippen LogP contribution in [0.4, 0.5) is 0 Å². The molecule has 2 saturated heterocycles. The molecular weight excluding hydrogens is 180 g/mol. The number of esters is 1. The molecule has 0 amide bonds. The fraction of sp³-hybridized carbons (Fsp3) is 0.857. The van der Waals surface area contributed by atoms with E-state index >= 15 is 0 Å². The number of fused-ring (bicyclic) bond motifs is 1. The van der Waals surface area contributed by atoms with Crippen molar-refractivity contribution in [2.45, 2.75) is 30.7 Å². The number of hydrogen-bond acceptors (Lipinski definition) is 6. The van der Waals surface area contributed by atoms with Crippen molar-refractivity contribution in [1.82, 2.24) is 0 Å². The van der Waals surface area contributed by atoms with Crippen molar-refractivity contribution in [2.75, 3.05) is 7.11 Å². The number of methoxy groups -OCH3 is 1. The molecule has 13 heavy (non-hydrogen) atoms. The van der Waals surface area contributed by atoms with Gasteiger partial charge >= 0.3 is 5.97 Å². The lowest BCUT2D eigenvalue weighted by atomic mass is 10.1. The molecule has 6 nitrogen and oxygen atoms in total. The minimum absolute atomic E-state index is 0.761. The second kappa shape index (κ2) is 2.91. The highest BCUT2D eigenvalue weighted by Gasteiger charge is 2.56. The number of ether oxygens (including phenoxy) is 3. The Morgan fingerprint density at radius 2 is 2.08 bits per heavy atom. The molecule has 0 aromatic heterocycles. The number of rotatable bonds is 1. The lowest BCUT2D eigenvalue weighted by molar-refractivity contribution is -0.177. The van der Waals surface area contributed by atoms with Crippen LogP contribution in [0.15, 0.2) is 0 Å². The summed E-state index contributed by atoms with van der Waals surface area (Å²) < 4.78 is 14.5. The highest BCUT2D eigenvalue weighted by molar-refractivity contribution is 5.78. The molecule has 0 spiro atoms. The van der Waals surface area contributed by atoms with Gasteiger partial charge in [0.15, 0.2) is 18.5 Å². The van der Waals surface area contributed by atoms with Gasteiger partial charge in [0.1, 0.15) is 12.2 Å². The van der Waals surface area contributed by atoms with Crippen LogP contribution in [0.25, 0.3) is 0 Å². The van der Waals surface area contributed by atoms with Crippen LogP contribution in [0.1, 0.15) is 0 Å². The maximum absolute atomic E-state index is 10.8. The molecule has 0 radical (unpaired) electrons. The van der Waals surface area contributed by atoms with E-state index in [2.05, 4.69) is 0 Å². The summed E-state index contributed by atoms with van der Waals surface area (Å²) in [5.74, 6) is -0.761. The van der Waals surface area contributed by atoms with Crippen molar-refractivity contribution in [3.8, 4) is 0 Å². The van der Waals surface area contributed by atoms with E-state index in [1.807, 2.05) is 0 Å². The third kappa shape index (κ3) is 1.14. The first-order valence-corrected chi connectivity index (χ1v) is 3.90. The third-order valence-corrected chi connectivity index (χ3v) is 2.27. The Morgan fingerprint density at radius 1 is 1.38 bits per heavy atom. The molecule has 0 unspecified atom stereocenters. The van der Waals surface area contributed by atoms with Crippen molar-refractivity contribution < 1.29 is 29.2 Å². The van der Waals surface area contributed by atoms with Gasteiger partial charge in [-0.15, -0.1) is 0 Å². The van der Waals surface area contributed by atoms with Gasteiger partial charge < -0.3 is 24.4 Å². The van der Waals surface area contributed by atoms with Crippen molar-refractivity contribution in [1.29, 1.82) is 0 Å². The highest BCUT2D eigenvalue weighted by atomic mass is 16.7.